The van der Waals surface area contributed by atoms with Gasteiger partial charge >= 0.3 is 0 Å². The van der Waals surface area contributed by atoms with Gasteiger partial charge in [0, 0.05) is 11.8 Å². The lowest BCUT2D eigenvalue weighted by Gasteiger charge is -2.03. The molecule has 0 aliphatic carbocycles. The Bertz CT molecular complexity index is 783. The number of amides is 1. The first-order valence-corrected chi connectivity index (χ1v) is 7.42. The molecule has 0 bridgehead atoms. The molecular weight excluding hydrogens is 290 g/mol. The van der Waals surface area contributed by atoms with Crippen LogP contribution < -0.4 is 5.48 Å². The molecule has 0 saturated carbocycles. The number of rotatable bonds is 5. The summed E-state index contributed by atoms with van der Waals surface area (Å²) in [6.45, 7) is 2.21. The van der Waals surface area contributed by atoms with Crippen LogP contribution in [0.5, 0.6) is 0 Å². The number of hydroxylamine groups is 1. The molecule has 0 fully saturated rings. The SMILES string of the molecule is CCONC(=O)c1cn(-c2ccccc2)nc1-c1ccccc1. The molecule has 0 radical (unpaired) electrons. The number of hydrogen-bond donors (Lipinski definition) is 1. The van der Waals surface area contributed by atoms with Crippen LogP contribution in [0.3, 0.4) is 0 Å². The number of aromatic nitrogens is 2. The summed E-state index contributed by atoms with van der Waals surface area (Å²) >= 11 is 0. The van der Waals surface area contributed by atoms with Gasteiger partial charge in [0.1, 0.15) is 5.69 Å². The van der Waals surface area contributed by atoms with Crippen LogP contribution in [0.25, 0.3) is 16.9 Å². The molecule has 3 rings (SSSR count). The van der Waals surface area contributed by atoms with Crippen molar-refractivity contribution in [2.75, 3.05) is 6.61 Å². The van der Waals surface area contributed by atoms with E-state index in [1.54, 1.807) is 10.9 Å². The van der Waals surface area contributed by atoms with Crippen molar-refractivity contribution in [2.24, 2.45) is 0 Å². The predicted octanol–water partition coefficient (Wildman–Crippen LogP) is 3.22. The van der Waals surface area contributed by atoms with E-state index in [0.717, 1.165) is 11.3 Å². The Balaban J connectivity index is 2.05. The summed E-state index contributed by atoms with van der Waals surface area (Å²) < 4.78 is 1.70. The van der Waals surface area contributed by atoms with Crippen molar-refractivity contribution in [1.82, 2.24) is 15.3 Å². The molecule has 5 nitrogen and oxygen atoms in total. The Kier molecular flexibility index (Phi) is 4.49. The Morgan fingerprint density at radius 3 is 2.39 bits per heavy atom. The van der Waals surface area contributed by atoms with Crippen molar-refractivity contribution in [3.8, 4) is 16.9 Å². The van der Waals surface area contributed by atoms with Gasteiger partial charge in [-0.25, -0.2) is 10.2 Å². The van der Waals surface area contributed by atoms with E-state index in [9.17, 15) is 4.79 Å². The van der Waals surface area contributed by atoms with Gasteiger partial charge in [0.2, 0.25) is 0 Å². The third kappa shape index (κ3) is 3.30. The minimum absolute atomic E-state index is 0.312. The topological polar surface area (TPSA) is 56.1 Å². The van der Waals surface area contributed by atoms with Crippen LogP contribution in [-0.2, 0) is 4.84 Å². The zero-order valence-corrected chi connectivity index (χ0v) is 12.8. The smallest absolute Gasteiger partial charge is 0.274 e. The first kappa shape index (κ1) is 15.0. The van der Waals surface area contributed by atoms with E-state index in [-0.39, 0.29) is 5.91 Å². The van der Waals surface area contributed by atoms with Gasteiger partial charge in [-0.05, 0) is 19.1 Å². The van der Waals surface area contributed by atoms with Crippen LogP contribution in [-0.4, -0.2) is 22.3 Å². The van der Waals surface area contributed by atoms with Crippen molar-refractivity contribution >= 4 is 5.91 Å². The van der Waals surface area contributed by atoms with Crippen molar-refractivity contribution in [3.05, 3.63) is 72.4 Å². The van der Waals surface area contributed by atoms with Crippen LogP contribution in [0.15, 0.2) is 66.9 Å². The fourth-order valence-corrected chi connectivity index (χ4v) is 2.26. The molecule has 1 amide bonds. The fourth-order valence-electron chi connectivity index (χ4n) is 2.26. The molecule has 0 aliphatic rings. The summed E-state index contributed by atoms with van der Waals surface area (Å²) in [5.74, 6) is -0.312. The Morgan fingerprint density at radius 2 is 1.74 bits per heavy atom. The highest BCUT2D eigenvalue weighted by atomic mass is 16.6. The number of carbonyl (C=O) groups excluding carboxylic acids is 1. The monoisotopic (exact) mass is 307 g/mol. The molecule has 1 heterocycles. The maximum absolute atomic E-state index is 12.4. The molecule has 3 aromatic rings. The van der Waals surface area contributed by atoms with Crippen molar-refractivity contribution < 1.29 is 9.63 Å². The lowest BCUT2D eigenvalue weighted by atomic mass is 10.1. The molecule has 0 saturated heterocycles. The zero-order valence-electron chi connectivity index (χ0n) is 12.8. The minimum atomic E-state index is -0.312. The van der Waals surface area contributed by atoms with Crippen molar-refractivity contribution in [2.45, 2.75) is 6.92 Å². The number of benzene rings is 2. The predicted molar refractivity (Wildman–Crippen MR) is 88.1 cm³/mol. The van der Waals surface area contributed by atoms with Gasteiger partial charge in [0.05, 0.1) is 17.9 Å². The van der Waals surface area contributed by atoms with Gasteiger partial charge < -0.3 is 0 Å². The summed E-state index contributed by atoms with van der Waals surface area (Å²) in [7, 11) is 0. The summed E-state index contributed by atoms with van der Waals surface area (Å²) in [5, 5.41) is 4.58. The lowest BCUT2D eigenvalue weighted by molar-refractivity contribution is 0.0365. The molecule has 1 N–H and O–H groups in total. The van der Waals surface area contributed by atoms with E-state index in [0.29, 0.717) is 17.9 Å². The van der Waals surface area contributed by atoms with E-state index in [1.807, 2.05) is 67.6 Å². The Labute approximate surface area is 134 Å². The molecule has 2 aromatic carbocycles. The van der Waals surface area contributed by atoms with Crippen molar-refractivity contribution in [3.63, 3.8) is 0 Å². The number of nitrogens with zero attached hydrogens (tertiary/aromatic N) is 2. The second-order valence-electron chi connectivity index (χ2n) is 4.90. The van der Waals surface area contributed by atoms with E-state index < -0.39 is 0 Å². The molecule has 0 aliphatic heterocycles. The van der Waals surface area contributed by atoms with E-state index in [1.165, 1.54) is 0 Å². The second-order valence-corrected chi connectivity index (χ2v) is 4.90. The van der Waals surface area contributed by atoms with Crippen LogP contribution >= 0.6 is 0 Å². The van der Waals surface area contributed by atoms with E-state index in [2.05, 4.69) is 10.6 Å². The third-order valence-electron chi connectivity index (χ3n) is 3.34. The Hall–Kier alpha value is -2.92. The molecule has 5 heteroatoms. The maximum Gasteiger partial charge on any atom is 0.278 e. The average molecular weight is 307 g/mol. The van der Waals surface area contributed by atoms with Gasteiger partial charge in [-0.2, -0.15) is 5.10 Å². The molecule has 0 unspecified atom stereocenters. The average Bonchev–Trinajstić information content (AvgIpc) is 3.07. The normalized spacial score (nSPS) is 10.5. The summed E-state index contributed by atoms with van der Waals surface area (Å²) in [4.78, 5) is 17.4. The molecule has 0 atom stereocenters. The van der Waals surface area contributed by atoms with E-state index >= 15 is 0 Å². The van der Waals surface area contributed by atoms with E-state index in [4.69, 9.17) is 4.84 Å². The first-order chi connectivity index (χ1) is 11.3. The van der Waals surface area contributed by atoms with Crippen molar-refractivity contribution in [1.29, 1.82) is 0 Å². The number of para-hydroxylation sites is 1. The van der Waals surface area contributed by atoms with Gasteiger partial charge in [-0.1, -0.05) is 48.5 Å². The highest BCUT2D eigenvalue weighted by Crippen LogP contribution is 2.23. The molecule has 0 spiro atoms. The standard InChI is InChI=1S/C18H17N3O2/c1-2-23-20-18(22)16-13-21(15-11-7-4-8-12-15)19-17(16)14-9-5-3-6-10-14/h3-13H,2H2,1H3,(H,20,22). The molecular formula is C18H17N3O2. The highest BCUT2D eigenvalue weighted by molar-refractivity contribution is 5.99. The quantitative estimate of drug-likeness (QED) is 0.736. The van der Waals surface area contributed by atoms with Crippen LogP contribution in [0.1, 0.15) is 17.3 Å². The van der Waals surface area contributed by atoms with Crippen LogP contribution in [0, 0.1) is 0 Å². The molecule has 116 valence electrons. The third-order valence-corrected chi connectivity index (χ3v) is 3.34. The zero-order chi connectivity index (χ0) is 16.1. The molecule has 1 aromatic heterocycles. The Morgan fingerprint density at radius 1 is 1.09 bits per heavy atom. The fraction of sp³-hybridized carbons (Fsp3) is 0.111. The van der Waals surface area contributed by atoms with Gasteiger partial charge in [-0.15, -0.1) is 0 Å². The lowest BCUT2D eigenvalue weighted by Crippen LogP contribution is -2.23. The van der Waals surface area contributed by atoms with Crippen LogP contribution in [0.2, 0.25) is 0 Å². The highest BCUT2D eigenvalue weighted by Gasteiger charge is 2.18. The number of carbonyl (C=O) groups is 1. The summed E-state index contributed by atoms with van der Waals surface area (Å²) in [5.41, 5.74) is 5.28. The van der Waals surface area contributed by atoms with Gasteiger partial charge in [0.15, 0.2) is 0 Å². The summed E-state index contributed by atoms with van der Waals surface area (Å²) in [6, 6.07) is 19.3. The molecule has 23 heavy (non-hydrogen) atoms. The number of nitrogens with one attached hydrogen (secondary N) is 1. The summed E-state index contributed by atoms with van der Waals surface area (Å²) in [6.07, 6.45) is 1.71. The second kappa shape index (κ2) is 6.89. The first-order valence-electron chi connectivity index (χ1n) is 7.42. The largest absolute Gasteiger partial charge is 0.278 e. The minimum Gasteiger partial charge on any atom is -0.274 e. The number of hydrogen-bond acceptors (Lipinski definition) is 3. The van der Waals surface area contributed by atoms with Gasteiger partial charge in [0.25, 0.3) is 5.91 Å². The van der Waals surface area contributed by atoms with Gasteiger partial charge in [-0.3, -0.25) is 9.63 Å². The van der Waals surface area contributed by atoms with Crippen LogP contribution in [0.4, 0.5) is 0 Å². The maximum atomic E-state index is 12.4.